The number of benzene rings is 2. The lowest BCUT2D eigenvalue weighted by molar-refractivity contribution is -0.384. The quantitative estimate of drug-likeness (QED) is 0.184. The number of fused-ring (bicyclic) bond motifs is 1. The molecule has 0 N–H and O–H groups in total. The number of nitrogens with zero attached hydrogens (tertiary/aromatic N) is 4. The molecule has 0 aliphatic heterocycles. The van der Waals surface area contributed by atoms with Gasteiger partial charge in [0, 0.05) is 22.8 Å². The van der Waals surface area contributed by atoms with E-state index in [2.05, 4.69) is 10.1 Å². The molecule has 0 spiro atoms. The molecule has 2 heterocycles. The molecule has 0 saturated heterocycles. The van der Waals surface area contributed by atoms with Gasteiger partial charge in [0.25, 0.3) is 5.69 Å². The van der Waals surface area contributed by atoms with Crippen LogP contribution in [0.3, 0.4) is 0 Å². The number of nitro benzene ring substituents is 1. The molecule has 0 aliphatic carbocycles. The highest BCUT2D eigenvalue weighted by molar-refractivity contribution is 6.30. The van der Waals surface area contributed by atoms with Crippen LogP contribution >= 0.6 is 11.6 Å². The number of hydrogen-bond donors (Lipinski definition) is 0. The zero-order valence-electron chi connectivity index (χ0n) is 15.9. The second-order valence-electron chi connectivity index (χ2n) is 6.82. The Morgan fingerprint density at radius 2 is 1.55 bits per heavy atom. The third-order valence-electron chi connectivity index (χ3n) is 4.69. The predicted molar refractivity (Wildman–Crippen MR) is 106 cm³/mol. The summed E-state index contributed by atoms with van der Waals surface area (Å²) in [4.78, 5) is 14.3. The molecule has 2 aromatic heterocycles. The van der Waals surface area contributed by atoms with Gasteiger partial charge in [-0.3, -0.25) is 15.1 Å². The highest BCUT2D eigenvalue weighted by Crippen LogP contribution is 2.38. The van der Waals surface area contributed by atoms with E-state index in [1.54, 1.807) is 0 Å². The van der Waals surface area contributed by atoms with Crippen LogP contribution < -0.4 is 0 Å². The van der Waals surface area contributed by atoms with Crippen molar-refractivity contribution in [2.75, 3.05) is 0 Å². The zero-order chi connectivity index (χ0) is 24.1. The minimum absolute atomic E-state index is 0.0421. The molecular formula is C20H9ClF6N4O2. The van der Waals surface area contributed by atoms with E-state index in [0.717, 1.165) is 10.7 Å². The van der Waals surface area contributed by atoms with Crippen LogP contribution in [0.15, 0.2) is 54.7 Å². The summed E-state index contributed by atoms with van der Waals surface area (Å²) in [5.74, 6) is 0. The molecule has 2 aromatic carbocycles. The van der Waals surface area contributed by atoms with Crippen molar-refractivity contribution in [3.05, 3.63) is 81.0 Å². The largest absolute Gasteiger partial charge is 0.417 e. The lowest BCUT2D eigenvalue weighted by Gasteiger charge is -2.10. The average molecular weight is 487 g/mol. The molecular weight excluding hydrogens is 478 g/mol. The average Bonchev–Trinajstić information content (AvgIpc) is 3.11. The molecule has 170 valence electrons. The Bertz CT molecular complexity index is 1380. The van der Waals surface area contributed by atoms with Crippen molar-refractivity contribution in [1.82, 2.24) is 14.8 Å². The molecule has 33 heavy (non-hydrogen) atoms. The summed E-state index contributed by atoms with van der Waals surface area (Å²) in [6, 6.07) is 8.34. The van der Waals surface area contributed by atoms with Crippen molar-refractivity contribution in [1.29, 1.82) is 0 Å². The Kier molecular flexibility index (Phi) is 5.27. The summed E-state index contributed by atoms with van der Waals surface area (Å²) < 4.78 is 79.9. The van der Waals surface area contributed by atoms with Crippen molar-refractivity contribution >= 4 is 28.3 Å². The van der Waals surface area contributed by atoms with Crippen LogP contribution in [0.4, 0.5) is 32.0 Å². The lowest BCUT2D eigenvalue weighted by Crippen LogP contribution is -2.09. The first-order valence-electron chi connectivity index (χ1n) is 8.94. The molecule has 0 fully saturated rings. The molecule has 0 amide bonds. The van der Waals surface area contributed by atoms with Gasteiger partial charge >= 0.3 is 12.4 Å². The topological polar surface area (TPSA) is 73.8 Å². The van der Waals surface area contributed by atoms with Gasteiger partial charge in [-0.05, 0) is 30.3 Å². The highest BCUT2D eigenvalue weighted by atomic mass is 35.5. The number of rotatable bonds is 3. The number of pyridine rings is 1. The molecule has 0 bridgehead atoms. The minimum atomic E-state index is -4.87. The Morgan fingerprint density at radius 1 is 0.909 bits per heavy atom. The second-order valence-corrected chi connectivity index (χ2v) is 7.25. The van der Waals surface area contributed by atoms with E-state index >= 15 is 0 Å². The Balaban J connectivity index is 2.04. The molecule has 0 unspecified atom stereocenters. The SMILES string of the molecule is O=[N+]([O-])c1cc(C(F)(F)F)ccc1-n1nc(-c2ccc(Cl)cc2)c2ncc(C(F)(F)F)cc21. The Morgan fingerprint density at radius 3 is 2.12 bits per heavy atom. The third-order valence-corrected chi connectivity index (χ3v) is 4.94. The van der Waals surface area contributed by atoms with Gasteiger partial charge in [0.1, 0.15) is 16.9 Å². The van der Waals surface area contributed by atoms with Gasteiger partial charge in [0.2, 0.25) is 0 Å². The fourth-order valence-corrected chi connectivity index (χ4v) is 3.29. The smallest absolute Gasteiger partial charge is 0.258 e. The predicted octanol–water partition coefficient (Wildman–Crippen LogP) is 6.69. The van der Waals surface area contributed by atoms with E-state index in [9.17, 15) is 36.5 Å². The van der Waals surface area contributed by atoms with Gasteiger partial charge in [-0.2, -0.15) is 31.4 Å². The van der Waals surface area contributed by atoms with Crippen molar-refractivity contribution < 1.29 is 31.3 Å². The maximum Gasteiger partial charge on any atom is 0.417 e. The van der Waals surface area contributed by atoms with E-state index in [1.807, 2.05) is 0 Å². The molecule has 4 rings (SSSR count). The zero-order valence-corrected chi connectivity index (χ0v) is 16.7. The number of nitro groups is 1. The van der Waals surface area contributed by atoms with Crippen molar-refractivity contribution in [2.45, 2.75) is 12.4 Å². The number of hydrogen-bond acceptors (Lipinski definition) is 4. The minimum Gasteiger partial charge on any atom is -0.258 e. The first-order chi connectivity index (χ1) is 15.4. The number of alkyl halides is 6. The van der Waals surface area contributed by atoms with Crippen molar-refractivity contribution in [2.24, 2.45) is 0 Å². The number of aromatic nitrogens is 3. The molecule has 6 nitrogen and oxygen atoms in total. The van der Waals surface area contributed by atoms with Crippen LogP contribution in [0.2, 0.25) is 5.02 Å². The summed E-state index contributed by atoms with van der Waals surface area (Å²) in [5, 5.41) is 16.1. The molecule has 4 aromatic rings. The van der Waals surface area contributed by atoms with Gasteiger partial charge in [0.05, 0.1) is 21.6 Å². The summed E-state index contributed by atoms with van der Waals surface area (Å²) >= 11 is 5.86. The summed E-state index contributed by atoms with van der Waals surface area (Å²) in [5.41, 5.74) is -3.78. The summed E-state index contributed by atoms with van der Waals surface area (Å²) in [6.45, 7) is 0. The normalized spacial score (nSPS) is 12.3. The van der Waals surface area contributed by atoms with E-state index in [-0.39, 0.29) is 16.7 Å². The van der Waals surface area contributed by atoms with Crippen molar-refractivity contribution in [3.63, 3.8) is 0 Å². The van der Waals surface area contributed by atoms with Crippen LogP contribution in [0.5, 0.6) is 0 Å². The van der Waals surface area contributed by atoms with Gasteiger partial charge in [0.15, 0.2) is 0 Å². The molecule has 0 aliphatic rings. The van der Waals surface area contributed by atoms with E-state index < -0.39 is 39.8 Å². The van der Waals surface area contributed by atoms with Crippen LogP contribution in [0, 0.1) is 10.1 Å². The Hall–Kier alpha value is -3.67. The molecule has 0 saturated carbocycles. The van der Waals surface area contributed by atoms with Crippen LogP contribution in [-0.2, 0) is 12.4 Å². The monoisotopic (exact) mass is 486 g/mol. The lowest BCUT2D eigenvalue weighted by atomic mass is 10.1. The van der Waals surface area contributed by atoms with Crippen molar-refractivity contribution in [3.8, 4) is 16.9 Å². The van der Waals surface area contributed by atoms with Gasteiger partial charge in [-0.15, -0.1) is 0 Å². The number of halogens is 7. The van der Waals surface area contributed by atoms with Crippen LogP contribution in [0.1, 0.15) is 11.1 Å². The standard InChI is InChI=1S/C20H9ClF6N4O2/c21-13-4-1-10(2-5-13)17-18-16(8-12(9-28-18)20(25,26)27)30(29-17)14-6-3-11(19(22,23)24)7-15(14)31(32)33/h1-9H. The molecule has 0 atom stereocenters. The maximum atomic E-state index is 13.3. The Labute approximate surface area is 185 Å². The van der Waals surface area contributed by atoms with E-state index in [0.29, 0.717) is 35.0 Å². The summed E-state index contributed by atoms with van der Waals surface area (Å²) in [7, 11) is 0. The van der Waals surface area contributed by atoms with Crippen LogP contribution in [-0.4, -0.2) is 19.7 Å². The van der Waals surface area contributed by atoms with E-state index in [4.69, 9.17) is 11.6 Å². The fourth-order valence-electron chi connectivity index (χ4n) is 3.16. The molecule has 13 heteroatoms. The fraction of sp³-hybridized carbons (Fsp3) is 0.100. The molecule has 0 radical (unpaired) electrons. The van der Waals surface area contributed by atoms with E-state index in [1.165, 1.54) is 24.3 Å². The van der Waals surface area contributed by atoms with Gasteiger partial charge in [-0.1, -0.05) is 23.7 Å². The third kappa shape index (κ3) is 4.21. The first-order valence-corrected chi connectivity index (χ1v) is 9.32. The van der Waals surface area contributed by atoms with Crippen LogP contribution in [0.25, 0.3) is 28.0 Å². The van der Waals surface area contributed by atoms with Gasteiger partial charge < -0.3 is 0 Å². The second kappa shape index (κ2) is 7.73. The highest BCUT2D eigenvalue weighted by Gasteiger charge is 2.35. The first kappa shape index (κ1) is 22.5. The maximum absolute atomic E-state index is 13.3. The van der Waals surface area contributed by atoms with Gasteiger partial charge in [-0.25, -0.2) is 4.68 Å². The summed E-state index contributed by atoms with van der Waals surface area (Å²) in [6.07, 6.45) is -9.08.